The zero-order valence-electron chi connectivity index (χ0n) is 11.9. The van der Waals surface area contributed by atoms with E-state index in [1.807, 2.05) is 18.2 Å². The van der Waals surface area contributed by atoms with Gasteiger partial charge >= 0.3 is 0 Å². The van der Waals surface area contributed by atoms with Crippen molar-refractivity contribution in [3.8, 4) is 5.75 Å². The molecule has 0 aliphatic heterocycles. The van der Waals surface area contributed by atoms with Crippen LogP contribution in [0.4, 0.5) is 0 Å². The second-order valence-corrected chi connectivity index (χ2v) is 5.62. The molecule has 2 aromatic rings. The summed E-state index contributed by atoms with van der Waals surface area (Å²) in [6, 6.07) is 17.0. The standard InChI is InChI=1S/C18H21NO/c1-20-18-9-5-4-8-15(18)12-17(19)16-10-13-6-2-3-7-14(13)11-16/h2-9,16-17H,10-12,19H2,1H3. The van der Waals surface area contributed by atoms with Crippen LogP contribution >= 0.6 is 0 Å². The van der Waals surface area contributed by atoms with Crippen molar-refractivity contribution < 1.29 is 4.74 Å². The quantitative estimate of drug-likeness (QED) is 0.924. The summed E-state index contributed by atoms with van der Waals surface area (Å²) in [4.78, 5) is 0. The van der Waals surface area contributed by atoms with E-state index in [4.69, 9.17) is 10.5 Å². The van der Waals surface area contributed by atoms with Gasteiger partial charge < -0.3 is 10.5 Å². The number of methoxy groups -OCH3 is 1. The molecule has 1 unspecified atom stereocenters. The highest BCUT2D eigenvalue weighted by molar-refractivity contribution is 5.36. The number of rotatable bonds is 4. The summed E-state index contributed by atoms with van der Waals surface area (Å²) in [6.45, 7) is 0. The molecule has 2 N–H and O–H groups in total. The van der Waals surface area contributed by atoms with Gasteiger partial charge in [-0.1, -0.05) is 42.5 Å². The Bertz CT molecular complexity index is 568. The Morgan fingerprint density at radius 1 is 1.05 bits per heavy atom. The van der Waals surface area contributed by atoms with Crippen molar-refractivity contribution in [3.05, 3.63) is 65.2 Å². The van der Waals surface area contributed by atoms with Gasteiger partial charge in [0.15, 0.2) is 0 Å². The molecule has 1 aliphatic carbocycles. The average Bonchev–Trinajstić information content (AvgIpc) is 2.92. The van der Waals surface area contributed by atoms with Crippen LogP contribution in [0.3, 0.4) is 0 Å². The molecule has 0 fully saturated rings. The summed E-state index contributed by atoms with van der Waals surface area (Å²) in [5.74, 6) is 1.48. The molecule has 0 saturated heterocycles. The Balaban J connectivity index is 1.71. The molecule has 0 amide bonds. The second-order valence-electron chi connectivity index (χ2n) is 5.62. The van der Waals surface area contributed by atoms with Crippen LogP contribution in [-0.4, -0.2) is 13.2 Å². The topological polar surface area (TPSA) is 35.2 Å². The van der Waals surface area contributed by atoms with Gasteiger partial charge in [0.25, 0.3) is 0 Å². The van der Waals surface area contributed by atoms with Crippen LogP contribution in [-0.2, 0) is 19.3 Å². The van der Waals surface area contributed by atoms with Crippen LogP contribution < -0.4 is 10.5 Å². The lowest BCUT2D eigenvalue weighted by atomic mass is 9.91. The molecule has 2 heteroatoms. The third-order valence-corrected chi connectivity index (χ3v) is 4.34. The molecule has 0 radical (unpaired) electrons. The van der Waals surface area contributed by atoms with Gasteiger partial charge in [0.1, 0.15) is 5.75 Å². The number of nitrogens with two attached hydrogens (primary N) is 1. The Hall–Kier alpha value is -1.80. The molecule has 1 atom stereocenters. The van der Waals surface area contributed by atoms with Crippen molar-refractivity contribution in [2.24, 2.45) is 11.7 Å². The molecule has 0 bridgehead atoms. The first-order valence-corrected chi connectivity index (χ1v) is 7.22. The van der Waals surface area contributed by atoms with Gasteiger partial charge in [0.05, 0.1) is 7.11 Å². The fourth-order valence-electron chi connectivity index (χ4n) is 3.19. The van der Waals surface area contributed by atoms with E-state index < -0.39 is 0 Å². The molecular weight excluding hydrogens is 246 g/mol. The minimum absolute atomic E-state index is 0.179. The van der Waals surface area contributed by atoms with E-state index in [9.17, 15) is 0 Å². The van der Waals surface area contributed by atoms with Crippen molar-refractivity contribution >= 4 is 0 Å². The first kappa shape index (κ1) is 13.2. The van der Waals surface area contributed by atoms with Crippen LogP contribution in [0.1, 0.15) is 16.7 Å². The predicted molar refractivity (Wildman–Crippen MR) is 82.0 cm³/mol. The Kier molecular flexibility index (Phi) is 3.75. The number of ether oxygens (including phenoxy) is 1. The van der Waals surface area contributed by atoms with Crippen molar-refractivity contribution in [3.63, 3.8) is 0 Å². The first-order chi connectivity index (χ1) is 9.78. The maximum atomic E-state index is 6.46. The van der Waals surface area contributed by atoms with E-state index in [-0.39, 0.29) is 6.04 Å². The van der Waals surface area contributed by atoms with Crippen LogP contribution in [0.5, 0.6) is 5.75 Å². The van der Waals surface area contributed by atoms with Gasteiger partial charge in [-0.05, 0) is 47.9 Å². The van der Waals surface area contributed by atoms with E-state index in [1.54, 1.807) is 7.11 Å². The van der Waals surface area contributed by atoms with Crippen molar-refractivity contribution in [1.29, 1.82) is 0 Å². The summed E-state index contributed by atoms with van der Waals surface area (Å²) in [5.41, 5.74) is 10.6. The summed E-state index contributed by atoms with van der Waals surface area (Å²) in [7, 11) is 1.72. The van der Waals surface area contributed by atoms with Gasteiger partial charge in [-0.3, -0.25) is 0 Å². The normalized spacial score (nSPS) is 15.9. The van der Waals surface area contributed by atoms with Crippen LogP contribution in [0, 0.1) is 5.92 Å². The fraction of sp³-hybridized carbons (Fsp3) is 0.333. The molecule has 20 heavy (non-hydrogen) atoms. The first-order valence-electron chi connectivity index (χ1n) is 7.22. The van der Waals surface area contributed by atoms with E-state index in [0.717, 1.165) is 25.0 Å². The van der Waals surface area contributed by atoms with Gasteiger partial charge in [-0.2, -0.15) is 0 Å². The molecule has 0 heterocycles. The Morgan fingerprint density at radius 2 is 1.65 bits per heavy atom. The molecule has 0 saturated carbocycles. The second kappa shape index (κ2) is 5.68. The van der Waals surface area contributed by atoms with Crippen LogP contribution in [0.25, 0.3) is 0 Å². The number of hydrogen-bond acceptors (Lipinski definition) is 2. The van der Waals surface area contributed by atoms with E-state index >= 15 is 0 Å². The molecule has 2 aromatic carbocycles. The number of benzene rings is 2. The molecule has 104 valence electrons. The lowest BCUT2D eigenvalue weighted by Crippen LogP contribution is -2.32. The Labute approximate surface area is 120 Å². The lowest BCUT2D eigenvalue weighted by Gasteiger charge is -2.20. The zero-order chi connectivity index (χ0) is 13.9. The average molecular weight is 267 g/mol. The summed E-state index contributed by atoms with van der Waals surface area (Å²) in [6.07, 6.45) is 3.08. The minimum atomic E-state index is 0.179. The third-order valence-electron chi connectivity index (χ3n) is 4.34. The van der Waals surface area contributed by atoms with Gasteiger partial charge in [-0.15, -0.1) is 0 Å². The van der Waals surface area contributed by atoms with Crippen molar-refractivity contribution in [1.82, 2.24) is 0 Å². The number of fused-ring (bicyclic) bond motifs is 1. The monoisotopic (exact) mass is 267 g/mol. The Morgan fingerprint density at radius 3 is 2.30 bits per heavy atom. The highest BCUT2D eigenvalue weighted by Crippen LogP contribution is 2.30. The van der Waals surface area contributed by atoms with E-state index in [0.29, 0.717) is 5.92 Å². The van der Waals surface area contributed by atoms with Crippen molar-refractivity contribution in [2.45, 2.75) is 25.3 Å². The molecule has 3 rings (SSSR count). The fourth-order valence-corrected chi connectivity index (χ4v) is 3.19. The van der Waals surface area contributed by atoms with Crippen LogP contribution in [0.2, 0.25) is 0 Å². The summed E-state index contributed by atoms with van der Waals surface area (Å²) < 4.78 is 5.42. The van der Waals surface area contributed by atoms with E-state index in [1.165, 1.54) is 16.7 Å². The molecule has 2 nitrogen and oxygen atoms in total. The summed E-state index contributed by atoms with van der Waals surface area (Å²) in [5, 5.41) is 0. The van der Waals surface area contributed by atoms with Crippen LogP contribution in [0.15, 0.2) is 48.5 Å². The van der Waals surface area contributed by atoms with Gasteiger partial charge in [0, 0.05) is 6.04 Å². The van der Waals surface area contributed by atoms with E-state index in [2.05, 4.69) is 30.3 Å². The van der Waals surface area contributed by atoms with Crippen molar-refractivity contribution in [2.75, 3.05) is 7.11 Å². The highest BCUT2D eigenvalue weighted by atomic mass is 16.5. The lowest BCUT2D eigenvalue weighted by molar-refractivity contribution is 0.396. The largest absolute Gasteiger partial charge is 0.496 e. The zero-order valence-corrected chi connectivity index (χ0v) is 11.9. The smallest absolute Gasteiger partial charge is 0.122 e. The minimum Gasteiger partial charge on any atom is -0.496 e. The van der Waals surface area contributed by atoms with Gasteiger partial charge in [-0.25, -0.2) is 0 Å². The maximum Gasteiger partial charge on any atom is 0.122 e. The predicted octanol–water partition coefficient (Wildman–Crippen LogP) is 2.98. The molecule has 1 aliphatic rings. The number of para-hydroxylation sites is 1. The number of hydrogen-bond donors (Lipinski definition) is 1. The molecule has 0 aromatic heterocycles. The maximum absolute atomic E-state index is 6.46. The highest BCUT2D eigenvalue weighted by Gasteiger charge is 2.26. The van der Waals surface area contributed by atoms with Gasteiger partial charge in [0.2, 0.25) is 0 Å². The summed E-state index contributed by atoms with van der Waals surface area (Å²) >= 11 is 0. The third kappa shape index (κ3) is 2.56. The molecule has 0 spiro atoms. The SMILES string of the molecule is COc1ccccc1CC(N)C1Cc2ccccc2C1. The molecular formula is C18H21NO.